The van der Waals surface area contributed by atoms with E-state index in [1.54, 1.807) is 0 Å². The molecule has 0 aliphatic rings. The van der Waals surface area contributed by atoms with Crippen molar-refractivity contribution < 1.29 is 12.9 Å². The van der Waals surface area contributed by atoms with Gasteiger partial charge in [-0.25, -0.2) is 8.42 Å². The summed E-state index contributed by atoms with van der Waals surface area (Å²) in [5, 5.41) is 4.91. The number of hydrogen-bond donors (Lipinski definition) is 1. The molecule has 0 aliphatic carbocycles. The molecular formula is C16H20N4O3S. The molecule has 0 saturated heterocycles. The van der Waals surface area contributed by atoms with Crippen LogP contribution in [0.3, 0.4) is 0 Å². The third-order valence-electron chi connectivity index (χ3n) is 3.73. The van der Waals surface area contributed by atoms with Crippen molar-refractivity contribution in [3.63, 3.8) is 0 Å². The average Bonchev–Trinajstić information content (AvgIpc) is 3.13. The monoisotopic (exact) mass is 348 g/mol. The van der Waals surface area contributed by atoms with Crippen molar-refractivity contribution >= 4 is 20.7 Å². The molecule has 0 spiro atoms. The van der Waals surface area contributed by atoms with Gasteiger partial charge in [-0.05, 0) is 35.7 Å². The molecule has 24 heavy (non-hydrogen) atoms. The maximum Gasteiger partial charge on any atom is 0.240 e. The van der Waals surface area contributed by atoms with Gasteiger partial charge in [0, 0.05) is 24.5 Å². The van der Waals surface area contributed by atoms with Gasteiger partial charge >= 0.3 is 0 Å². The van der Waals surface area contributed by atoms with E-state index in [9.17, 15) is 8.42 Å². The number of benzene rings is 1. The number of hydrogen-bond acceptors (Lipinski definition) is 6. The molecule has 0 amide bonds. The molecule has 128 valence electrons. The molecule has 0 bridgehead atoms. The molecule has 0 aliphatic heterocycles. The van der Waals surface area contributed by atoms with Crippen LogP contribution in [0.2, 0.25) is 0 Å². The SMILES string of the molecule is CCN(Cc1ccc2[nH]ccc2c1)Cc1nc(CS(C)(=O)=O)no1. The second-order valence-corrected chi connectivity index (χ2v) is 8.02. The molecule has 1 N–H and O–H groups in total. The lowest BCUT2D eigenvalue weighted by Crippen LogP contribution is -2.22. The number of aromatic nitrogens is 3. The van der Waals surface area contributed by atoms with Crippen molar-refractivity contribution in [3.05, 3.63) is 47.7 Å². The zero-order chi connectivity index (χ0) is 17.2. The Morgan fingerprint density at radius 2 is 2.08 bits per heavy atom. The van der Waals surface area contributed by atoms with Gasteiger partial charge in [-0.15, -0.1) is 0 Å². The number of nitrogens with one attached hydrogen (secondary N) is 1. The minimum absolute atomic E-state index is 0.202. The molecule has 2 aromatic heterocycles. The largest absolute Gasteiger partial charge is 0.361 e. The number of rotatable bonds is 7. The van der Waals surface area contributed by atoms with E-state index >= 15 is 0 Å². The van der Waals surface area contributed by atoms with Crippen LogP contribution < -0.4 is 0 Å². The van der Waals surface area contributed by atoms with E-state index in [4.69, 9.17) is 4.52 Å². The highest BCUT2D eigenvalue weighted by Crippen LogP contribution is 2.16. The minimum atomic E-state index is -3.16. The van der Waals surface area contributed by atoms with Crippen molar-refractivity contribution in [3.8, 4) is 0 Å². The van der Waals surface area contributed by atoms with Crippen LogP contribution in [0.1, 0.15) is 24.2 Å². The lowest BCUT2D eigenvalue weighted by Gasteiger charge is -2.18. The molecule has 0 radical (unpaired) electrons. The molecular weight excluding hydrogens is 328 g/mol. The fourth-order valence-corrected chi connectivity index (χ4v) is 3.16. The fourth-order valence-electron chi connectivity index (χ4n) is 2.58. The Morgan fingerprint density at radius 3 is 2.83 bits per heavy atom. The molecule has 0 unspecified atom stereocenters. The maximum absolute atomic E-state index is 11.3. The van der Waals surface area contributed by atoms with Crippen molar-refractivity contribution in [2.75, 3.05) is 12.8 Å². The van der Waals surface area contributed by atoms with Crippen LogP contribution in [0.25, 0.3) is 10.9 Å². The van der Waals surface area contributed by atoms with Crippen molar-refractivity contribution in [1.82, 2.24) is 20.0 Å². The summed E-state index contributed by atoms with van der Waals surface area (Å²) in [5.74, 6) is 0.433. The first-order valence-electron chi connectivity index (χ1n) is 7.70. The van der Waals surface area contributed by atoms with E-state index in [0.717, 1.165) is 24.9 Å². The topological polar surface area (TPSA) is 92.1 Å². The molecule has 0 saturated carbocycles. The third-order valence-corrected chi connectivity index (χ3v) is 4.51. The van der Waals surface area contributed by atoms with E-state index in [1.807, 2.05) is 12.3 Å². The van der Waals surface area contributed by atoms with Gasteiger partial charge in [0.1, 0.15) is 5.75 Å². The van der Waals surface area contributed by atoms with Crippen molar-refractivity contribution in [2.24, 2.45) is 0 Å². The molecule has 3 aromatic rings. The highest BCUT2D eigenvalue weighted by atomic mass is 32.2. The summed E-state index contributed by atoms with van der Waals surface area (Å²) in [6.45, 7) is 4.11. The van der Waals surface area contributed by atoms with E-state index in [-0.39, 0.29) is 11.6 Å². The van der Waals surface area contributed by atoms with E-state index in [2.05, 4.69) is 45.1 Å². The lowest BCUT2D eigenvalue weighted by atomic mass is 10.1. The maximum atomic E-state index is 11.3. The van der Waals surface area contributed by atoms with Gasteiger partial charge in [-0.3, -0.25) is 4.90 Å². The van der Waals surface area contributed by atoms with Crippen LogP contribution in [-0.2, 0) is 28.7 Å². The van der Waals surface area contributed by atoms with Crippen LogP contribution in [-0.4, -0.2) is 41.2 Å². The molecule has 2 heterocycles. The predicted molar refractivity (Wildman–Crippen MR) is 90.9 cm³/mol. The Morgan fingerprint density at radius 1 is 1.25 bits per heavy atom. The predicted octanol–water partition coefficient (Wildman–Crippen LogP) is 2.12. The van der Waals surface area contributed by atoms with E-state index in [1.165, 1.54) is 10.9 Å². The summed E-state index contributed by atoms with van der Waals surface area (Å²) < 4.78 is 27.7. The Labute approximate surface area is 140 Å². The minimum Gasteiger partial charge on any atom is -0.361 e. The van der Waals surface area contributed by atoms with Crippen LogP contribution in [0.15, 0.2) is 35.0 Å². The summed E-state index contributed by atoms with van der Waals surface area (Å²) in [5.41, 5.74) is 2.31. The Balaban J connectivity index is 1.68. The zero-order valence-electron chi connectivity index (χ0n) is 13.7. The second kappa shape index (κ2) is 6.74. The summed E-state index contributed by atoms with van der Waals surface area (Å²) in [6, 6.07) is 8.35. The van der Waals surface area contributed by atoms with Gasteiger partial charge in [0.05, 0.1) is 6.54 Å². The summed E-state index contributed by atoms with van der Waals surface area (Å²) in [6.07, 6.45) is 3.08. The van der Waals surface area contributed by atoms with Gasteiger partial charge in [-0.1, -0.05) is 18.1 Å². The Hall–Kier alpha value is -2.19. The Bertz CT molecular complexity index is 930. The normalized spacial score (nSPS) is 12.3. The van der Waals surface area contributed by atoms with Gasteiger partial charge in [0.2, 0.25) is 5.89 Å². The van der Waals surface area contributed by atoms with Gasteiger partial charge in [0.15, 0.2) is 15.7 Å². The first kappa shape index (κ1) is 16.7. The summed E-state index contributed by atoms with van der Waals surface area (Å²) in [7, 11) is -3.16. The van der Waals surface area contributed by atoms with Crippen LogP contribution in [0.5, 0.6) is 0 Å². The first-order valence-corrected chi connectivity index (χ1v) is 9.76. The van der Waals surface area contributed by atoms with Crippen molar-refractivity contribution in [1.29, 1.82) is 0 Å². The zero-order valence-corrected chi connectivity index (χ0v) is 14.5. The standard InChI is InChI=1S/C16H20N4O3S/c1-3-20(9-12-4-5-14-13(8-12)6-7-17-14)10-16-18-15(19-23-16)11-24(2,21)22/h4-8,17H,3,9-11H2,1-2H3. The van der Waals surface area contributed by atoms with E-state index in [0.29, 0.717) is 12.4 Å². The Kier molecular flexibility index (Phi) is 4.68. The quantitative estimate of drug-likeness (QED) is 0.703. The number of fused-ring (bicyclic) bond motifs is 1. The molecule has 3 rings (SSSR count). The van der Waals surface area contributed by atoms with Gasteiger partial charge < -0.3 is 9.51 Å². The highest BCUT2D eigenvalue weighted by molar-refractivity contribution is 7.89. The number of sulfone groups is 1. The number of aromatic amines is 1. The highest BCUT2D eigenvalue weighted by Gasteiger charge is 2.14. The van der Waals surface area contributed by atoms with Crippen LogP contribution in [0, 0.1) is 0 Å². The van der Waals surface area contributed by atoms with Gasteiger partial charge in [-0.2, -0.15) is 4.98 Å². The van der Waals surface area contributed by atoms with Crippen LogP contribution in [0.4, 0.5) is 0 Å². The molecule has 0 atom stereocenters. The molecule has 8 heteroatoms. The number of H-pyrrole nitrogens is 1. The number of nitrogens with zero attached hydrogens (tertiary/aromatic N) is 3. The first-order chi connectivity index (χ1) is 11.4. The smallest absolute Gasteiger partial charge is 0.240 e. The molecule has 0 fully saturated rings. The second-order valence-electron chi connectivity index (χ2n) is 5.88. The van der Waals surface area contributed by atoms with Crippen LogP contribution >= 0.6 is 0 Å². The average molecular weight is 348 g/mol. The lowest BCUT2D eigenvalue weighted by molar-refractivity contribution is 0.229. The van der Waals surface area contributed by atoms with Gasteiger partial charge in [0.25, 0.3) is 0 Å². The van der Waals surface area contributed by atoms with Crippen molar-refractivity contribution in [2.45, 2.75) is 25.8 Å². The summed E-state index contributed by atoms with van der Waals surface area (Å²) in [4.78, 5) is 9.50. The molecule has 1 aromatic carbocycles. The third kappa shape index (κ3) is 4.21. The molecule has 7 nitrogen and oxygen atoms in total. The summed E-state index contributed by atoms with van der Waals surface area (Å²) >= 11 is 0. The van der Waals surface area contributed by atoms with E-state index < -0.39 is 9.84 Å². The fraction of sp³-hybridized carbons (Fsp3) is 0.375.